The standard InChI is InChI=1S/C22H21FN4O/c1-14-11-16-7-4-6-10-20(16)27(14)21-12-19(25-15(2)26-21)22(28)24-13-17-8-3-5-9-18(17)23/h3-10,12,14H,11,13H2,1-2H3,(H,24,28). The molecular formula is C22H21FN4O. The SMILES string of the molecule is Cc1nc(C(=O)NCc2ccccc2F)cc(N2c3ccccc3CC2C)n1. The van der Waals surface area contributed by atoms with E-state index in [1.807, 2.05) is 12.1 Å². The molecule has 0 radical (unpaired) electrons. The van der Waals surface area contributed by atoms with E-state index in [-0.39, 0.29) is 30.0 Å². The molecule has 0 saturated carbocycles. The molecule has 2 heterocycles. The van der Waals surface area contributed by atoms with Gasteiger partial charge in [0.05, 0.1) is 0 Å². The minimum atomic E-state index is -0.352. The third kappa shape index (κ3) is 3.45. The summed E-state index contributed by atoms with van der Waals surface area (Å²) in [6, 6.07) is 16.5. The number of aryl methyl sites for hydroxylation is 1. The average molecular weight is 376 g/mol. The summed E-state index contributed by atoms with van der Waals surface area (Å²) in [7, 11) is 0. The molecule has 0 aliphatic carbocycles. The van der Waals surface area contributed by atoms with Gasteiger partial charge in [-0.2, -0.15) is 0 Å². The zero-order valence-corrected chi connectivity index (χ0v) is 15.8. The molecule has 1 amide bonds. The number of nitrogens with one attached hydrogen (secondary N) is 1. The van der Waals surface area contributed by atoms with Crippen molar-refractivity contribution in [1.29, 1.82) is 0 Å². The van der Waals surface area contributed by atoms with E-state index < -0.39 is 0 Å². The highest BCUT2D eigenvalue weighted by atomic mass is 19.1. The number of carbonyl (C=O) groups excluding carboxylic acids is 1. The molecule has 0 fully saturated rings. The van der Waals surface area contributed by atoms with E-state index in [2.05, 4.69) is 39.2 Å². The molecule has 0 spiro atoms. The van der Waals surface area contributed by atoms with E-state index >= 15 is 0 Å². The number of para-hydroxylation sites is 1. The Morgan fingerprint density at radius 3 is 2.75 bits per heavy atom. The highest BCUT2D eigenvalue weighted by molar-refractivity contribution is 5.93. The van der Waals surface area contributed by atoms with E-state index in [9.17, 15) is 9.18 Å². The maximum Gasteiger partial charge on any atom is 0.270 e. The maximum atomic E-state index is 13.8. The van der Waals surface area contributed by atoms with Crippen molar-refractivity contribution in [2.75, 3.05) is 4.90 Å². The Balaban J connectivity index is 1.59. The number of halogens is 1. The molecule has 6 heteroatoms. The summed E-state index contributed by atoms with van der Waals surface area (Å²) in [6.45, 7) is 4.01. The fourth-order valence-corrected chi connectivity index (χ4v) is 3.61. The van der Waals surface area contributed by atoms with Crippen molar-refractivity contribution in [2.45, 2.75) is 32.9 Å². The number of amides is 1. The first-order chi connectivity index (χ1) is 13.5. The zero-order chi connectivity index (χ0) is 19.7. The van der Waals surface area contributed by atoms with Crippen LogP contribution in [0.5, 0.6) is 0 Å². The van der Waals surface area contributed by atoms with Crippen LogP contribution in [-0.4, -0.2) is 21.9 Å². The third-order valence-electron chi connectivity index (χ3n) is 4.91. The van der Waals surface area contributed by atoms with Gasteiger partial charge in [-0.1, -0.05) is 36.4 Å². The van der Waals surface area contributed by atoms with Gasteiger partial charge in [0.15, 0.2) is 0 Å². The lowest BCUT2D eigenvalue weighted by Gasteiger charge is -2.24. The van der Waals surface area contributed by atoms with Crippen molar-refractivity contribution in [2.24, 2.45) is 0 Å². The van der Waals surface area contributed by atoms with Gasteiger partial charge in [0, 0.05) is 29.9 Å². The first-order valence-corrected chi connectivity index (χ1v) is 9.27. The lowest BCUT2D eigenvalue weighted by Crippen LogP contribution is -2.28. The molecule has 2 aromatic carbocycles. The summed E-state index contributed by atoms with van der Waals surface area (Å²) in [4.78, 5) is 23.6. The largest absolute Gasteiger partial charge is 0.347 e. The minimum Gasteiger partial charge on any atom is -0.347 e. The molecule has 5 nitrogen and oxygen atoms in total. The van der Waals surface area contributed by atoms with Crippen molar-refractivity contribution in [1.82, 2.24) is 15.3 Å². The Morgan fingerprint density at radius 2 is 1.93 bits per heavy atom. The molecule has 3 aromatic rings. The van der Waals surface area contributed by atoms with Gasteiger partial charge in [-0.3, -0.25) is 4.79 Å². The van der Waals surface area contributed by atoms with Crippen LogP contribution in [0, 0.1) is 12.7 Å². The predicted octanol–water partition coefficient (Wildman–Crippen LogP) is 3.94. The summed E-state index contributed by atoms with van der Waals surface area (Å²) in [6.07, 6.45) is 0.925. The molecule has 28 heavy (non-hydrogen) atoms. The highest BCUT2D eigenvalue weighted by Crippen LogP contribution is 2.37. The van der Waals surface area contributed by atoms with Crippen LogP contribution in [0.25, 0.3) is 0 Å². The zero-order valence-electron chi connectivity index (χ0n) is 15.8. The summed E-state index contributed by atoms with van der Waals surface area (Å²) >= 11 is 0. The Morgan fingerprint density at radius 1 is 1.18 bits per heavy atom. The van der Waals surface area contributed by atoms with Crippen LogP contribution in [0.2, 0.25) is 0 Å². The van der Waals surface area contributed by atoms with Crippen molar-refractivity contribution in [3.8, 4) is 0 Å². The molecular weight excluding hydrogens is 355 g/mol. The normalized spacial score (nSPS) is 15.4. The van der Waals surface area contributed by atoms with Crippen LogP contribution in [0.1, 0.15) is 34.4 Å². The summed E-state index contributed by atoms with van der Waals surface area (Å²) in [5, 5.41) is 2.74. The van der Waals surface area contributed by atoms with Crippen molar-refractivity contribution in [3.63, 3.8) is 0 Å². The van der Waals surface area contributed by atoms with Gasteiger partial charge in [0.1, 0.15) is 23.2 Å². The van der Waals surface area contributed by atoms with E-state index in [4.69, 9.17) is 0 Å². The van der Waals surface area contributed by atoms with Crippen LogP contribution in [0.4, 0.5) is 15.9 Å². The minimum absolute atomic E-state index is 0.104. The molecule has 1 aliphatic rings. The van der Waals surface area contributed by atoms with Gasteiger partial charge >= 0.3 is 0 Å². The van der Waals surface area contributed by atoms with Crippen molar-refractivity contribution in [3.05, 3.63) is 83.1 Å². The van der Waals surface area contributed by atoms with Crippen molar-refractivity contribution < 1.29 is 9.18 Å². The van der Waals surface area contributed by atoms with E-state index in [1.54, 1.807) is 31.2 Å². The fraction of sp³-hybridized carbons (Fsp3) is 0.227. The van der Waals surface area contributed by atoms with Gasteiger partial charge in [-0.15, -0.1) is 0 Å². The molecule has 1 atom stereocenters. The lowest BCUT2D eigenvalue weighted by atomic mass is 10.1. The predicted molar refractivity (Wildman–Crippen MR) is 106 cm³/mol. The van der Waals surface area contributed by atoms with Gasteiger partial charge < -0.3 is 10.2 Å². The van der Waals surface area contributed by atoms with Gasteiger partial charge in [-0.25, -0.2) is 14.4 Å². The number of benzene rings is 2. The second kappa shape index (κ2) is 7.38. The van der Waals surface area contributed by atoms with Crippen LogP contribution < -0.4 is 10.2 Å². The van der Waals surface area contributed by atoms with E-state index in [1.165, 1.54) is 11.6 Å². The molecule has 4 rings (SSSR count). The third-order valence-corrected chi connectivity index (χ3v) is 4.91. The van der Waals surface area contributed by atoms with Crippen LogP contribution in [0.15, 0.2) is 54.6 Å². The topological polar surface area (TPSA) is 58.1 Å². The Hall–Kier alpha value is -3.28. The van der Waals surface area contributed by atoms with Gasteiger partial charge in [0.2, 0.25) is 0 Å². The number of nitrogens with zero attached hydrogens (tertiary/aromatic N) is 3. The van der Waals surface area contributed by atoms with Crippen LogP contribution in [-0.2, 0) is 13.0 Å². The summed E-state index contributed by atoms with van der Waals surface area (Å²) < 4.78 is 13.8. The number of anilines is 2. The number of hydrogen-bond acceptors (Lipinski definition) is 4. The Kier molecular flexibility index (Phi) is 4.77. The second-order valence-corrected chi connectivity index (χ2v) is 6.98. The molecule has 142 valence electrons. The Labute approximate surface area is 163 Å². The van der Waals surface area contributed by atoms with Crippen molar-refractivity contribution >= 4 is 17.4 Å². The molecule has 1 aromatic heterocycles. The quantitative estimate of drug-likeness (QED) is 0.749. The second-order valence-electron chi connectivity index (χ2n) is 6.98. The molecule has 0 bridgehead atoms. The highest BCUT2D eigenvalue weighted by Gasteiger charge is 2.28. The maximum absolute atomic E-state index is 13.8. The molecule has 1 aliphatic heterocycles. The lowest BCUT2D eigenvalue weighted by molar-refractivity contribution is 0.0945. The summed E-state index contributed by atoms with van der Waals surface area (Å²) in [5.41, 5.74) is 3.07. The van der Waals surface area contributed by atoms with Gasteiger partial charge in [0.25, 0.3) is 5.91 Å². The molecule has 1 unspecified atom stereocenters. The molecule has 0 saturated heterocycles. The number of hydrogen-bond donors (Lipinski definition) is 1. The van der Waals surface area contributed by atoms with E-state index in [0.29, 0.717) is 17.2 Å². The number of aromatic nitrogens is 2. The average Bonchev–Trinajstić information content (AvgIpc) is 3.02. The smallest absolute Gasteiger partial charge is 0.270 e. The number of fused-ring (bicyclic) bond motifs is 1. The Bertz CT molecular complexity index is 1040. The first kappa shape index (κ1) is 18.1. The van der Waals surface area contributed by atoms with E-state index in [0.717, 1.165) is 12.1 Å². The van der Waals surface area contributed by atoms with Crippen LogP contribution in [0.3, 0.4) is 0 Å². The number of rotatable bonds is 4. The van der Waals surface area contributed by atoms with Gasteiger partial charge in [-0.05, 0) is 38.0 Å². The first-order valence-electron chi connectivity index (χ1n) is 9.27. The molecule has 1 N–H and O–H groups in total. The monoisotopic (exact) mass is 376 g/mol. The number of carbonyl (C=O) groups is 1. The fourth-order valence-electron chi connectivity index (χ4n) is 3.61. The summed E-state index contributed by atoms with van der Waals surface area (Å²) in [5.74, 6) is 0.520. The van der Waals surface area contributed by atoms with Crippen LogP contribution >= 0.6 is 0 Å².